The second-order valence-corrected chi connectivity index (χ2v) is 4.26. The molecule has 0 fully saturated rings. The van der Waals surface area contributed by atoms with Gasteiger partial charge in [-0.1, -0.05) is 23.7 Å². The van der Waals surface area contributed by atoms with Crippen LogP contribution in [0.3, 0.4) is 0 Å². The van der Waals surface area contributed by atoms with E-state index in [1.54, 1.807) is 0 Å². The Hall–Kier alpha value is -2.34. The average molecular weight is 277 g/mol. The van der Waals surface area contributed by atoms with Gasteiger partial charge in [0.05, 0.1) is 5.71 Å². The Labute approximate surface area is 115 Å². The van der Waals surface area contributed by atoms with Crippen LogP contribution in [0.2, 0.25) is 5.15 Å². The molecule has 2 rings (SSSR count). The molecule has 0 saturated carbocycles. The van der Waals surface area contributed by atoms with Crippen molar-refractivity contribution in [3.63, 3.8) is 0 Å². The fourth-order valence-corrected chi connectivity index (χ4v) is 1.64. The molecule has 2 aromatic rings. The third-order valence-electron chi connectivity index (χ3n) is 2.34. The van der Waals surface area contributed by atoms with Crippen molar-refractivity contribution < 1.29 is 0 Å². The summed E-state index contributed by atoms with van der Waals surface area (Å²) in [7, 11) is 0. The van der Waals surface area contributed by atoms with Gasteiger partial charge in [0.25, 0.3) is 0 Å². The zero-order valence-corrected chi connectivity index (χ0v) is 11.0. The molecule has 0 aliphatic heterocycles. The van der Waals surface area contributed by atoms with Crippen LogP contribution in [0.25, 0.3) is 0 Å². The SMILES string of the molecule is C/C(=N/Nc1nc(N)cc(Cl)n1)c1cccc(N)c1. The van der Waals surface area contributed by atoms with Crippen molar-refractivity contribution >= 4 is 34.8 Å². The molecule has 5 N–H and O–H groups in total. The smallest absolute Gasteiger partial charge is 0.246 e. The normalized spacial score (nSPS) is 11.4. The highest BCUT2D eigenvalue weighted by atomic mass is 35.5. The van der Waals surface area contributed by atoms with Gasteiger partial charge >= 0.3 is 0 Å². The van der Waals surface area contributed by atoms with E-state index in [0.717, 1.165) is 11.3 Å². The summed E-state index contributed by atoms with van der Waals surface area (Å²) in [5, 5.41) is 4.42. The molecule has 0 aliphatic rings. The molecule has 0 radical (unpaired) electrons. The Morgan fingerprint density at radius 2 is 2.05 bits per heavy atom. The van der Waals surface area contributed by atoms with E-state index in [1.165, 1.54) is 6.07 Å². The predicted molar refractivity (Wildman–Crippen MR) is 78.1 cm³/mol. The van der Waals surface area contributed by atoms with E-state index < -0.39 is 0 Å². The molecule has 6 nitrogen and oxygen atoms in total. The highest BCUT2D eigenvalue weighted by Crippen LogP contribution is 2.12. The van der Waals surface area contributed by atoms with Gasteiger partial charge < -0.3 is 11.5 Å². The standard InChI is InChI=1S/C12H13ClN6/c1-7(8-3-2-4-9(14)5-8)18-19-12-16-10(13)6-11(15)17-12/h2-6H,14H2,1H3,(H3,15,16,17,19)/b18-7-. The second-order valence-electron chi connectivity index (χ2n) is 3.87. The molecule has 7 heteroatoms. The van der Waals surface area contributed by atoms with Crippen molar-refractivity contribution in [2.45, 2.75) is 6.92 Å². The van der Waals surface area contributed by atoms with Crippen molar-refractivity contribution in [1.29, 1.82) is 0 Å². The van der Waals surface area contributed by atoms with E-state index in [0.29, 0.717) is 5.69 Å². The molecule has 0 spiro atoms. The number of hydrogen-bond acceptors (Lipinski definition) is 6. The number of nitrogens with two attached hydrogens (primary N) is 2. The number of rotatable bonds is 3. The van der Waals surface area contributed by atoms with Crippen LogP contribution in [0.4, 0.5) is 17.5 Å². The molecule has 0 atom stereocenters. The largest absolute Gasteiger partial charge is 0.399 e. The molecule has 0 bridgehead atoms. The van der Waals surface area contributed by atoms with Gasteiger partial charge in [0.15, 0.2) is 0 Å². The first-order valence-corrected chi connectivity index (χ1v) is 5.88. The first kappa shape index (κ1) is 13.1. The lowest BCUT2D eigenvalue weighted by Gasteiger charge is -2.04. The first-order chi connectivity index (χ1) is 9.04. The van der Waals surface area contributed by atoms with E-state index in [1.807, 2.05) is 31.2 Å². The van der Waals surface area contributed by atoms with Crippen LogP contribution in [0, 0.1) is 0 Å². The lowest BCUT2D eigenvalue weighted by atomic mass is 10.1. The average Bonchev–Trinajstić information content (AvgIpc) is 2.35. The van der Waals surface area contributed by atoms with E-state index in [9.17, 15) is 0 Å². The molecular formula is C12H13ClN6. The van der Waals surface area contributed by atoms with Crippen LogP contribution in [0.5, 0.6) is 0 Å². The van der Waals surface area contributed by atoms with Crippen molar-refractivity contribution in [3.05, 3.63) is 41.0 Å². The summed E-state index contributed by atoms with van der Waals surface area (Å²) >= 11 is 5.77. The maximum Gasteiger partial charge on any atom is 0.246 e. The number of hydrogen-bond donors (Lipinski definition) is 3. The molecule has 98 valence electrons. The monoisotopic (exact) mass is 276 g/mol. The van der Waals surface area contributed by atoms with Gasteiger partial charge in [-0.2, -0.15) is 15.1 Å². The number of nitrogens with one attached hydrogen (secondary N) is 1. The quantitative estimate of drug-likeness (QED) is 0.345. The molecule has 0 amide bonds. The molecule has 1 aromatic heterocycles. The maximum atomic E-state index is 5.77. The number of nitrogens with zero attached hydrogens (tertiary/aromatic N) is 3. The van der Waals surface area contributed by atoms with Crippen LogP contribution in [-0.2, 0) is 0 Å². The summed E-state index contributed by atoms with van der Waals surface area (Å²) in [4.78, 5) is 7.91. The Morgan fingerprint density at radius 1 is 1.26 bits per heavy atom. The Balaban J connectivity index is 2.18. The summed E-state index contributed by atoms with van der Waals surface area (Å²) in [5.41, 5.74) is 16.3. The number of hydrazone groups is 1. The number of halogens is 1. The summed E-state index contributed by atoms with van der Waals surface area (Å²) in [5.74, 6) is 0.521. The number of nitrogen functional groups attached to an aromatic ring is 2. The van der Waals surface area contributed by atoms with Crippen LogP contribution in [-0.4, -0.2) is 15.7 Å². The first-order valence-electron chi connectivity index (χ1n) is 5.51. The third kappa shape index (κ3) is 3.56. The minimum absolute atomic E-state index is 0.244. The minimum atomic E-state index is 0.244. The molecule has 0 aliphatic carbocycles. The van der Waals surface area contributed by atoms with Crippen molar-refractivity contribution in [2.24, 2.45) is 5.10 Å². The van der Waals surface area contributed by atoms with E-state index in [-0.39, 0.29) is 16.9 Å². The van der Waals surface area contributed by atoms with Gasteiger partial charge in [-0.05, 0) is 24.6 Å². The minimum Gasteiger partial charge on any atom is -0.399 e. The van der Waals surface area contributed by atoms with Crippen LogP contribution in [0.15, 0.2) is 35.4 Å². The summed E-state index contributed by atoms with van der Waals surface area (Å²) in [6.45, 7) is 1.84. The fraction of sp³-hybridized carbons (Fsp3) is 0.0833. The number of benzene rings is 1. The van der Waals surface area contributed by atoms with Crippen LogP contribution in [0.1, 0.15) is 12.5 Å². The van der Waals surface area contributed by atoms with Gasteiger partial charge in [-0.3, -0.25) is 0 Å². The lowest BCUT2D eigenvalue weighted by molar-refractivity contribution is 1.12. The van der Waals surface area contributed by atoms with Crippen LogP contribution >= 0.6 is 11.6 Å². The molecule has 0 unspecified atom stereocenters. The molecular weight excluding hydrogens is 264 g/mol. The van der Waals surface area contributed by atoms with Gasteiger partial charge in [0, 0.05) is 11.8 Å². The Bertz CT molecular complexity index is 605. The topological polar surface area (TPSA) is 102 Å². The highest BCUT2D eigenvalue weighted by Gasteiger charge is 2.01. The van der Waals surface area contributed by atoms with Crippen LogP contribution < -0.4 is 16.9 Å². The molecule has 1 aromatic carbocycles. The summed E-state index contributed by atoms with van der Waals surface area (Å²) < 4.78 is 0. The molecule has 0 saturated heterocycles. The van der Waals surface area contributed by atoms with E-state index in [4.69, 9.17) is 23.1 Å². The predicted octanol–water partition coefficient (Wildman–Crippen LogP) is 2.13. The highest BCUT2D eigenvalue weighted by molar-refractivity contribution is 6.29. The Kier molecular flexibility index (Phi) is 3.82. The summed E-state index contributed by atoms with van der Waals surface area (Å²) in [6.07, 6.45) is 0. The van der Waals surface area contributed by atoms with Gasteiger partial charge in [0.1, 0.15) is 11.0 Å². The van der Waals surface area contributed by atoms with Crippen molar-refractivity contribution in [3.8, 4) is 0 Å². The van der Waals surface area contributed by atoms with Gasteiger partial charge in [0.2, 0.25) is 5.95 Å². The molecule has 19 heavy (non-hydrogen) atoms. The molecule has 1 heterocycles. The maximum absolute atomic E-state index is 5.77. The van der Waals surface area contributed by atoms with Crippen molar-refractivity contribution in [2.75, 3.05) is 16.9 Å². The third-order valence-corrected chi connectivity index (χ3v) is 2.54. The lowest BCUT2D eigenvalue weighted by Crippen LogP contribution is -2.04. The van der Waals surface area contributed by atoms with E-state index in [2.05, 4.69) is 20.5 Å². The van der Waals surface area contributed by atoms with Gasteiger partial charge in [-0.25, -0.2) is 5.43 Å². The van der Waals surface area contributed by atoms with E-state index >= 15 is 0 Å². The second kappa shape index (κ2) is 5.53. The summed E-state index contributed by atoms with van der Waals surface area (Å²) in [6, 6.07) is 8.86. The number of aromatic nitrogens is 2. The zero-order valence-electron chi connectivity index (χ0n) is 10.3. The zero-order chi connectivity index (χ0) is 13.8. The van der Waals surface area contributed by atoms with Gasteiger partial charge in [-0.15, -0.1) is 0 Å². The van der Waals surface area contributed by atoms with Crippen molar-refractivity contribution in [1.82, 2.24) is 9.97 Å². The Morgan fingerprint density at radius 3 is 2.74 bits per heavy atom. The number of anilines is 3. The fourth-order valence-electron chi connectivity index (χ4n) is 1.45.